The maximum absolute atomic E-state index is 13.1. The lowest BCUT2D eigenvalue weighted by Gasteiger charge is -2.29. The molecule has 0 spiro atoms. The zero-order chi connectivity index (χ0) is 19.3. The molecule has 2 fully saturated rings. The molecule has 0 saturated carbocycles. The zero-order valence-electron chi connectivity index (χ0n) is 15.9. The van der Waals surface area contributed by atoms with Crippen molar-refractivity contribution in [2.24, 2.45) is 0 Å². The second-order valence-electron chi connectivity index (χ2n) is 7.17. The Morgan fingerprint density at radius 1 is 1.30 bits per heavy atom. The molecule has 1 aromatic rings. The van der Waals surface area contributed by atoms with Crippen molar-refractivity contribution < 1.29 is 17.9 Å². The number of sulfonamides is 1. The molecule has 7 nitrogen and oxygen atoms in total. The van der Waals surface area contributed by atoms with Gasteiger partial charge in [-0.15, -0.1) is 0 Å². The quantitative estimate of drug-likeness (QED) is 0.741. The Balaban J connectivity index is 1.71. The van der Waals surface area contributed by atoms with E-state index in [0.29, 0.717) is 44.9 Å². The van der Waals surface area contributed by atoms with Crippen LogP contribution < -0.4 is 5.32 Å². The third kappa shape index (κ3) is 5.28. The van der Waals surface area contributed by atoms with Gasteiger partial charge in [-0.3, -0.25) is 4.79 Å². The van der Waals surface area contributed by atoms with Gasteiger partial charge in [0.25, 0.3) is 5.91 Å². The minimum Gasteiger partial charge on any atom is -0.376 e. The Hall–Kier alpha value is -1.48. The molecule has 1 unspecified atom stereocenters. The fourth-order valence-corrected chi connectivity index (χ4v) is 5.02. The van der Waals surface area contributed by atoms with Crippen molar-refractivity contribution in [1.82, 2.24) is 14.5 Å². The van der Waals surface area contributed by atoms with Crippen LogP contribution >= 0.6 is 0 Å². The molecule has 0 radical (unpaired) electrons. The van der Waals surface area contributed by atoms with Gasteiger partial charge in [0.1, 0.15) is 0 Å². The van der Waals surface area contributed by atoms with Crippen LogP contribution in [0.5, 0.6) is 0 Å². The summed E-state index contributed by atoms with van der Waals surface area (Å²) in [4.78, 5) is 14.7. The highest BCUT2D eigenvalue weighted by atomic mass is 32.2. The maximum atomic E-state index is 13.1. The lowest BCUT2D eigenvalue weighted by atomic mass is 10.1. The first kappa shape index (κ1) is 20.3. The number of amides is 1. The smallest absolute Gasteiger partial charge is 0.254 e. The molecule has 2 aliphatic rings. The molecule has 1 N–H and O–H groups in total. The second kappa shape index (κ2) is 9.14. The number of rotatable bonds is 7. The number of nitrogens with zero attached hydrogens (tertiary/aromatic N) is 2. The third-order valence-electron chi connectivity index (χ3n) is 5.20. The van der Waals surface area contributed by atoms with Crippen LogP contribution in [0.4, 0.5) is 0 Å². The van der Waals surface area contributed by atoms with Crippen LogP contribution in [0.1, 0.15) is 28.8 Å². The summed E-state index contributed by atoms with van der Waals surface area (Å²) in [5, 5.41) is 3.16. The largest absolute Gasteiger partial charge is 0.376 e. The van der Waals surface area contributed by atoms with Crippen molar-refractivity contribution in [3.8, 4) is 0 Å². The SMILES string of the molecule is Cc1ccccc1C(=O)N(CCS(=O)(=O)N1CCNCC1)CC1CCCO1. The molecule has 0 bridgehead atoms. The Bertz CT molecular complexity index is 741. The molecular formula is C19H29N3O4S. The van der Waals surface area contributed by atoms with Crippen molar-refractivity contribution >= 4 is 15.9 Å². The van der Waals surface area contributed by atoms with Crippen molar-refractivity contribution in [3.05, 3.63) is 35.4 Å². The number of aryl methyl sites for hydroxylation is 1. The average molecular weight is 396 g/mol. The van der Waals surface area contributed by atoms with Crippen LogP contribution in [0.2, 0.25) is 0 Å². The van der Waals surface area contributed by atoms with Gasteiger partial charge in [0.15, 0.2) is 0 Å². The van der Waals surface area contributed by atoms with E-state index < -0.39 is 10.0 Å². The molecule has 1 amide bonds. The first-order valence-electron chi connectivity index (χ1n) is 9.62. The van der Waals surface area contributed by atoms with Crippen LogP contribution in [-0.2, 0) is 14.8 Å². The predicted octanol–water partition coefficient (Wildman–Crippen LogP) is 0.851. The maximum Gasteiger partial charge on any atom is 0.254 e. The Labute approximate surface area is 161 Å². The van der Waals surface area contributed by atoms with Gasteiger partial charge in [0, 0.05) is 51.4 Å². The molecule has 2 saturated heterocycles. The first-order valence-corrected chi connectivity index (χ1v) is 11.2. The lowest BCUT2D eigenvalue weighted by molar-refractivity contribution is 0.0539. The van der Waals surface area contributed by atoms with Crippen LogP contribution in [0.3, 0.4) is 0 Å². The van der Waals surface area contributed by atoms with Crippen molar-refractivity contribution in [1.29, 1.82) is 0 Å². The summed E-state index contributed by atoms with van der Waals surface area (Å²) < 4.78 is 32.6. The van der Waals surface area contributed by atoms with Crippen LogP contribution in [0, 0.1) is 6.92 Å². The Morgan fingerprint density at radius 3 is 2.70 bits per heavy atom. The monoisotopic (exact) mass is 395 g/mol. The van der Waals surface area contributed by atoms with Gasteiger partial charge in [0.05, 0.1) is 11.9 Å². The molecule has 1 atom stereocenters. The van der Waals surface area contributed by atoms with Gasteiger partial charge in [0.2, 0.25) is 10.0 Å². The van der Waals surface area contributed by atoms with E-state index in [1.165, 1.54) is 4.31 Å². The molecule has 27 heavy (non-hydrogen) atoms. The van der Waals surface area contributed by atoms with E-state index in [-0.39, 0.29) is 24.3 Å². The molecule has 1 aromatic carbocycles. The Kier molecular flexibility index (Phi) is 6.86. The summed E-state index contributed by atoms with van der Waals surface area (Å²) in [6.45, 7) is 5.52. The highest BCUT2D eigenvalue weighted by Gasteiger charge is 2.28. The van der Waals surface area contributed by atoms with E-state index in [4.69, 9.17) is 4.74 Å². The number of piperazine rings is 1. The van der Waals surface area contributed by atoms with Gasteiger partial charge >= 0.3 is 0 Å². The number of ether oxygens (including phenoxy) is 1. The fourth-order valence-electron chi connectivity index (χ4n) is 3.57. The van der Waals surface area contributed by atoms with E-state index in [1.807, 2.05) is 25.1 Å². The summed E-state index contributed by atoms with van der Waals surface area (Å²) in [6, 6.07) is 7.42. The van der Waals surface area contributed by atoms with Crippen LogP contribution in [-0.4, -0.2) is 81.3 Å². The van der Waals surface area contributed by atoms with E-state index in [9.17, 15) is 13.2 Å². The van der Waals surface area contributed by atoms with E-state index in [1.54, 1.807) is 11.0 Å². The number of hydrogen-bond acceptors (Lipinski definition) is 5. The fraction of sp³-hybridized carbons (Fsp3) is 0.632. The van der Waals surface area contributed by atoms with Crippen molar-refractivity contribution in [2.45, 2.75) is 25.9 Å². The normalized spacial score (nSPS) is 21.3. The highest BCUT2D eigenvalue weighted by molar-refractivity contribution is 7.89. The van der Waals surface area contributed by atoms with Gasteiger partial charge in [-0.05, 0) is 31.4 Å². The van der Waals surface area contributed by atoms with Gasteiger partial charge in [-0.2, -0.15) is 4.31 Å². The minimum atomic E-state index is -3.38. The number of carbonyl (C=O) groups excluding carboxylic acids is 1. The first-order chi connectivity index (χ1) is 13.0. The number of benzene rings is 1. The summed E-state index contributed by atoms with van der Waals surface area (Å²) in [7, 11) is -3.38. The molecule has 2 heterocycles. The topological polar surface area (TPSA) is 79.0 Å². The minimum absolute atomic E-state index is 0.0140. The average Bonchev–Trinajstić information content (AvgIpc) is 3.19. The highest BCUT2D eigenvalue weighted by Crippen LogP contribution is 2.17. The third-order valence-corrected chi connectivity index (χ3v) is 7.05. The molecule has 150 valence electrons. The predicted molar refractivity (Wildman–Crippen MR) is 104 cm³/mol. The lowest BCUT2D eigenvalue weighted by Crippen LogP contribution is -2.49. The Morgan fingerprint density at radius 2 is 2.04 bits per heavy atom. The zero-order valence-corrected chi connectivity index (χ0v) is 16.7. The van der Waals surface area contributed by atoms with Crippen LogP contribution in [0.15, 0.2) is 24.3 Å². The molecule has 8 heteroatoms. The number of carbonyl (C=O) groups is 1. The van der Waals surface area contributed by atoms with Gasteiger partial charge < -0.3 is 15.0 Å². The number of hydrogen-bond donors (Lipinski definition) is 1. The van der Waals surface area contributed by atoms with E-state index in [2.05, 4.69) is 5.32 Å². The standard InChI is InChI=1S/C19H29N3O4S/c1-16-5-2-3-7-18(16)19(23)21(15-17-6-4-13-26-17)12-14-27(24,25)22-10-8-20-9-11-22/h2-3,5,7,17,20H,4,6,8-15H2,1H3. The van der Waals surface area contributed by atoms with E-state index >= 15 is 0 Å². The molecule has 0 aromatic heterocycles. The molecule has 0 aliphatic carbocycles. The summed E-state index contributed by atoms with van der Waals surface area (Å²) in [6.07, 6.45) is 1.87. The summed E-state index contributed by atoms with van der Waals surface area (Å²) in [5.41, 5.74) is 1.51. The van der Waals surface area contributed by atoms with Crippen molar-refractivity contribution in [3.63, 3.8) is 0 Å². The summed E-state index contributed by atoms with van der Waals surface area (Å²) >= 11 is 0. The van der Waals surface area contributed by atoms with E-state index in [0.717, 1.165) is 18.4 Å². The summed E-state index contributed by atoms with van der Waals surface area (Å²) in [5.74, 6) is -0.184. The van der Waals surface area contributed by atoms with Crippen molar-refractivity contribution in [2.75, 3.05) is 51.6 Å². The molecule has 2 aliphatic heterocycles. The van der Waals surface area contributed by atoms with Crippen LogP contribution in [0.25, 0.3) is 0 Å². The molecule has 3 rings (SSSR count). The van der Waals surface area contributed by atoms with Gasteiger partial charge in [-0.25, -0.2) is 8.42 Å². The molecular weight excluding hydrogens is 366 g/mol. The second-order valence-corrected chi connectivity index (χ2v) is 9.25. The van der Waals surface area contributed by atoms with Gasteiger partial charge in [-0.1, -0.05) is 18.2 Å². The number of nitrogens with one attached hydrogen (secondary N) is 1.